The average molecular weight is 481 g/mol. The molecule has 1 amide bonds. The summed E-state index contributed by atoms with van der Waals surface area (Å²) in [6, 6.07) is 5.68. The zero-order valence-electron chi connectivity index (χ0n) is 20.5. The molecule has 4 aliphatic carbocycles. The van der Waals surface area contributed by atoms with E-state index >= 15 is 0 Å². The summed E-state index contributed by atoms with van der Waals surface area (Å²) in [5, 5.41) is 12.4. The zero-order chi connectivity index (χ0) is 24.2. The Morgan fingerprint density at radius 2 is 1.89 bits per heavy atom. The van der Waals surface area contributed by atoms with Crippen LogP contribution in [0.1, 0.15) is 74.5 Å². The molecule has 188 valence electrons. The highest BCUT2D eigenvalue weighted by Crippen LogP contribution is 2.59. The number of nitrogens with one attached hydrogen (secondary N) is 1. The quantitative estimate of drug-likeness (QED) is 0.598. The van der Waals surface area contributed by atoms with Gasteiger partial charge in [-0.25, -0.2) is 9.78 Å². The van der Waals surface area contributed by atoms with Gasteiger partial charge in [-0.05, 0) is 100 Å². The molecule has 8 nitrogen and oxygen atoms in total. The van der Waals surface area contributed by atoms with Gasteiger partial charge in [0, 0.05) is 25.8 Å². The third kappa shape index (κ3) is 4.53. The van der Waals surface area contributed by atoms with Crippen LogP contribution in [0.4, 0.5) is 4.79 Å². The molecule has 1 unspecified atom stereocenters. The molecule has 0 radical (unpaired) electrons. The van der Waals surface area contributed by atoms with Crippen LogP contribution in [-0.4, -0.2) is 56.7 Å². The number of carbonyl (C=O) groups excluding carboxylic acids is 1. The third-order valence-corrected chi connectivity index (χ3v) is 9.02. The standard InChI is InChI=1S/C27H36N4O4/c1-26(35-25(33)34)6-3-7-30(17-26)14-21-15-31-22(4-2-5-23(31)29-21)24(32)28-16-27-11-18-8-19(12-27)10-20(9-18)13-27/h2,4-5,15,18-20H,3,6-14,16-17H2,1H3,(H,28,32)(H,33,34). The molecular formula is C27H36N4O4. The normalized spacial score (nSPS) is 34.3. The molecule has 0 spiro atoms. The SMILES string of the molecule is CC1(OC(=O)O)CCCN(Cc2cn3c(C(=O)NCC45CC6CC(CC(C6)C4)C5)cccc3n2)C1. The lowest BCUT2D eigenvalue weighted by atomic mass is 9.49. The van der Waals surface area contributed by atoms with E-state index in [0.717, 1.165) is 55.0 Å². The number of hydrogen-bond acceptors (Lipinski definition) is 5. The summed E-state index contributed by atoms with van der Waals surface area (Å²) in [5.74, 6) is 2.58. The maximum absolute atomic E-state index is 13.3. The van der Waals surface area contributed by atoms with Crippen LogP contribution in [0.3, 0.4) is 0 Å². The van der Waals surface area contributed by atoms with Crippen LogP contribution in [0.25, 0.3) is 5.65 Å². The van der Waals surface area contributed by atoms with Gasteiger partial charge in [0.1, 0.15) is 16.9 Å². The highest BCUT2D eigenvalue weighted by Gasteiger charge is 2.50. The van der Waals surface area contributed by atoms with Crippen molar-refractivity contribution >= 4 is 17.7 Å². The number of amides is 1. The molecule has 4 saturated carbocycles. The fraction of sp³-hybridized carbons (Fsp3) is 0.667. The zero-order valence-corrected chi connectivity index (χ0v) is 20.5. The number of likely N-dealkylation sites (tertiary alicyclic amines) is 1. The van der Waals surface area contributed by atoms with Crippen LogP contribution < -0.4 is 5.32 Å². The van der Waals surface area contributed by atoms with Crippen molar-refractivity contribution in [2.75, 3.05) is 19.6 Å². The van der Waals surface area contributed by atoms with E-state index in [-0.39, 0.29) is 5.91 Å². The highest BCUT2D eigenvalue weighted by atomic mass is 16.7. The van der Waals surface area contributed by atoms with Crippen molar-refractivity contribution in [2.24, 2.45) is 23.2 Å². The Morgan fingerprint density at radius 3 is 2.57 bits per heavy atom. The first kappa shape index (κ1) is 22.8. The Bertz CT molecular complexity index is 1110. The first-order valence-corrected chi connectivity index (χ1v) is 13.2. The second-order valence-corrected chi connectivity index (χ2v) is 12.1. The van der Waals surface area contributed by atoms with E-state index < -0.39 is 11.8 Å². The summed E-state index contributed by atoms with van der Waals surface area (Å²) in [5.41, 5.74) is 1.83. The Balaban J connectivity index is 1.14. The largest absolute Gasteiger partial charge is 0.506 e. The van der Waals surface area contributed by atoms with E-state index in [1.165, 1.54) is 38.5 Å². The van der Waals surface area contributed by atoms with Gasteiger partial charge in [0.05, 0.1) is 5.69 Å². The number of carboxylic acid groups (broad SMARTS) is 1. The van der Waals surface area contributed by atoms with Crippen molar-refractivity contribution in [1.29, 1.82) is 0 Å². The summed E-state index contributed by atoms with van der Waals surface area (Å²) in [6.45, 7) is 4.62. The molecular weight excluding hydrogens is 444 g/mol. The molecule has 1 atom stereocenters. The van der Waals surface area contributed by atoms with Gasteiger partial charge in [0.15, 0.2) is 0 Å². The van der Waals surface area contributed by atoms with Crippen LogP contribution in [0.15, 0.2) is 24.4 Å². The molecule has 1 saturated heterocycles. The van der Waals surface area contributed by atoms with Crippen LogP contribution in [-0.2, 0) is 11.3 Å². The number of imidazole rings is 1. The molecule has 35 heavy (non-hydrogen) atoms. The molecule has 7 rings (SSSR count). The topological polar surface area (TPSA) is 96.2 Å². The lowest BCUT2D eigenvalue weighted by Gasteiger charge is -2.56. The summed E-state index contributed by atoms with van der Waals surface area (Å²) < 4.78 is 7.06. The molecule has 2 aromatic heterocycles. The number of fused-ring (bicyclic) bond motifs is 1. The van der Waals surface area contributed by atoms with Crippen LogP contribution in [0.5, 0.6) is 0 Å². The molecule has 5 fully saturated rings. The van der Waals surface area contributed by atoms with Gasteiger partial charge in [-0.2, -0.15) is 0 Å². The van der Waals surface area contributed by atoms with Gasteiger partial charge in [0.2, 0.25) is 0 Å². The van der Waals surface area contributed by atoms with E-state index in [1.807, 2.05) is 35.7 Å². The summed E-state index contributed by atoms with van der Waals surface area (Å²) in [6.07, 6.45) is 10.3. The molecule has 5 aliphatic rings. The number of nitrogens with zero attached hydrogens (tertiary/aromatic N) is 3. The Labute approximate surface area is 206 Å². The monoisotopic (exact) mass is 480 g/mol. The van der Waals surface area contributed by atoms with Gasteiger partial charge in [-0.15, -0.1) is 0 Å². The van der Waals surface area contributed by atoms with Crippen molar-refractivity contribution in [3.8, 4) is 0 Å². The van der Waals surface area contributed by atoms with Crippen molar-refractivity contribution in [3.05, 3.63) is 35.8 Å². The number of carbonyl (C=O) groups is 2. The third-order valence-electron chi connectivity index (χ3n) is 9.02. The summed E-state index contributed by atoms with van der Waals surface area (Å²) in [4.78, 5) is 31.3. The molecule has 4 bridgehead atoms. The minimum Gasteiger partial charge on any atom is -0.450 e. The van der Waals surface area contributed by atoms with Gasteiger partial charge in [-0.1, -0.05) is 6.07 Å². The van der Waals surface area contributed by atoms with Crippen molar-refractivity contribution in [1.82, 2.24) is 19.6 Å². The second kappa shape index (κ2) is 8.50. The maximum Gasteiger partial charge on any atom is 0.506 e. The van der Waals surface area contributed by atoms with Gasteiger partial charge in [-0.3, -0.25) is 14.1 Å². The molecule has 1 aliphatic heterocycles. The van der Waals surface area contributed by atoms with E-state index in [2.05, 4.69) is 10.2 Å². The van der Waals surface area contributed by atoms with Crippen LogP contribution in [0.2, 0.25) is 0 Å². The van der Waals surface area contributed by atoms with Gasteiger partial charge < -0.3 is 15.2 Å². The number of aromatic nitrogens is 2. The summed E-state index contributed by atoms with van der Waals surface area (Å²) in [7, 11) is 0. The van der Waals surface area contributed by atoms with Gasteiger partial charge in [0.25, 0.3) is 5.91 Å². The molecule has 3 heterocycles. The van der Waals surface area contributed by atoms with Crippen molar-refractivity contribution in [2.45, 2.75) is 70.4 Å². The number of piperidine rings is 1. The maximum atomic E-state index is 13.3. The van der Waals surface area contributed by atoms with Crippen molar-refractivity contribution < 1.29 is 19.4 Å². The van der Waals surface area contributed by atoms with Crippen molar-refractivity contribution in [3.63, 3.8) is 0 Å². The average Bonchev–Trinajstić information content (AvgIpc) is 3.18. The number of ether oxygens (including phenoxy) is 1. The lowest BCUT2D eigenvalue weighted by Crippen LogP contribution is -2.51. The van der Waals surface area contributed by atoms with Crippen LogP contribution >= 0.6 is 0 Å². The number of pyridine rings is 1. The summed E-state index contributed by atoms with van der Waals surface area (Å²) >= 11 is 0. The first-order valence-electron chi connectivity index (χ1n) is 13.2. The smallest absolute Gasteiger partial charge is 0.450 e. The fourth-order valence-electron chi connectivity index (χ4n) is 8.15. The molecule has 0 aromatic carbocycles. The van der Waals surface area contributed by atoms with E-state index in [0.29, 0.717) is 24.2 Å². The van der Waals surface area contributed by atoms with Gasteiger partial charge >= 0.3 is 6.16 Å². The lowest BCUT2D eigenvalue weighted by molar-refractivity contribution is -0.0528. The Morgan fingerprint density at radius 1 is 1.17 bits per heavy atom. The fourth-order valence-corrected chi connectivity index (χ4v) is 8.15. The molecule has 2 aromatic rings. The predicted octanol–water partition coefficient (Wildman–Crippen LogP) is 4.33. The second-order valence-electron chi connectivity index (χ2n) is 12.1. The minimum absolute atomic E-state index is 0.0318. The number of hydrogen-bond donors (Lipinski definition) is 2. The van der Waals surface area contributed by atoms with E-state index in [1.54, 1.807) is 0 Å². The number of rotatable bonds is 6. The highest BCUT2D eigenvalue weighted by molar-refractivity contribution is 5.93. The Kier molecular flexibility index (Phi) is 5.55. The van der Waals surface area contributed by atoms with E-state index in [4.69, 9.17) is 14.8 Å². The minimum atomic E-state index is -1.23. The first-order chi connectivity index (χ1) is 16.8. The molecule has 8 heteroatoms. The Hall–Kier alpha value is -2.61. The van der Waals surface area contributed by atoms with E-state index in [9.17, 15) is 9.59 Å². The predicted molar refractivity (Wildman–Crippen MR) is 130 cm³/mol. The molecule has 2 N–H and O–H groups in total. The van der Waals surface area contributed by atoms with Crippen LogP contribution in [0, 0.1) is 23.2 Å².